The first-order valence-corrected chi connectivity index (χ1v) is 6.30. The van der Waals surface area contributed by atoms with E-state index >= 15 is 0 Å². The average molecular weight is 254 g/mol. The summed E-state index contributed by atoms with van der Waals surface area (Å²) in [5.74, 6) is 0.637. The second-order valence-electron chi connectivity index (χ2n) is 4.78. The second-order valence-corrected chi connectivity index (χ2v) is 4.78. The highest BCUT2D eigenvalue weighted by atomic mass is 16.5. The molecule has 0 saturated carbocycles. The highest BCUT2D eigenvalue weighted by Crippen LogP contribution is 2.25. The Bertz CT molecular complexity index is 627. The third kappa shape index (κ3) is 2.53. The Balaban J connectivity index is 2.56. The van der Waals surface area contributed by atoms with Gasteiger partial charge in [-0.3, -0.25) is 4.79 Å². The minimum atomic E-state index is 0.0155. The van der Waals surface area contributed by atoms with Crippen molar-refractivity contribution in [1.29, 1.82) is 0 Å². The monoisotopic (exact) mass is 254 g/mol. The van der Waals surface area contributed by atoms with Crippen molar-refractivity contribution >= 4 is 5.78 Å². The van der Waals surface area contributed by atoms with Crippen molar-refractivity contribution in [2.75, 3.05) is 7.11 Å². The van der Waals surface area contributed by atoms with E-state index in [1.165, 1.54) is 0 Å². The molecular weight excluding hydrogens is 236 g/mol. The first kappa shape index (κ1) is 13.3. The molecule has 0 atom stereocenters. The number of hydrogen-bond donors (Lipinski definition) is 0. The lowest BCUT2D eigenvalue weighted by Crippen LogP contribution is -2.07. The van der Waals surface area contributed by atoms with Crippen LogP contribution >= 0.6 is 0 Å². The molecule has 0 heterocycles. The van der Waals surface area contributed by atoms with Gasteiger partial charge in [0.2, 0.25) is 0 Å². The molecule has 2 aromatic rings. The van der Waals surface area contributed by atoms with Crippen molar-refractivity contribution in [2.24, 2.45) is 0 Å². The third-order valence-corrected chi connectivity index (χ3v) is 3.45. The van der Waals surface area contributed by atoms with Gasteiger partial charge in [-0.2, -0.15) is 0 Å². The van der Waals surface area contributed by atoms with Crippen LogP contribution in [0.5, 0.6) is 5.75 Å². The number of rotatable bonds is 3. The Morgan fingerprint density at radius 2 is 1.74 bits per heavy atom. The molecule has 0 fully saturated rings. The summed E-state index contributed by atoms with van der Waals surface area (Å²) in [5.41, 5.74) is 4.56. The summed E-state index contributed by atoms with van der Waals surface area (Å²) in [6.07, 6.45) is 0. The Hall–Kier alpha value is -2.09. The molecule has 0 aliphatic carbocycles. The fourth-order valence-electron chi connectivity index (χ4n) is 2.14. The first-order chi connectivity index (χ1) is 9.04. The van der Waals surface area contributed by atoms with Crippen molar-refractivity contribution in [3.8, 4) is 5.75 Å². The topological polar surface area (TPSA) is 26.3 Å². The summed E-state index contributed by atoms with van der Waals surface area (Å²) in [4.78, 5) is 12.7. The maximum atomic E-state index is 12.7. The van der Waals surface area contributed by atoms with Gasteiger partial charge in [-0.05, 0) is 44.0 Å². The Morgan fingerprint density at radius 1 is 1.00 bits per heavy atom. The largest absolute Gasteiger partial charge is 0.496 e. The maximum absolute atomic E-state index is 12.7. The number of carbonyl (C=O) groups is 1. The lowest BCUT2D eigenvalue weighted by atomic mass is 9.95. The molecule has 2 aromatic carbocycles. The zero-order valence-electron chi connectivity index (χ0n) is 11.8. The van der Waals surface area contributed by atoms with E-state index in [9.17, 15) is 4.79 Å². The van der Waals surface area contributed by atoms with Gasteiger partial charge in [0.25, 0.3) is 0 Å². The highest BCUT2D eigenvalue weighted by Gasteiger charge is 2.17. The number of hydrogen-bond acceptors (Lipinski definition) is 2. The van der Waals surface area contributed by atoms with Crippen molar-refractivity contribution in [3.63, 3.8) is 0 Å². The normalized spacial score (nSPS) is 10.3. The van der Waals surface area contributed by atoms with Crippen LogP contribution in [0.3, 0.4) is 0 Å². The van der Waals surface area contributed by atoms with Crippen LogP contribution in [0.15, 0.2) is 36.4 Å². The molecule has 0 bridgehead atoms. The van der Waals surface area contributed by atoms with E-state index in [1.807, 2.05) is 57.2 Å². The first-order valence-electron chi connectivity index (χ1n) is 6.30. The van der Waals surface area contributed by atoms with Crippen LogP contribution < -0.4 is 4.74 Å². The average Bonchev–Trinajstić information content (AvgIpc) is 2.41. The highest BCUT2D eigenvalue weighted by molar-refractivity contribution is 6.11. The van der Waals surface area contributed by atoms with Gasteiger partial charge in [-0.15, -0.1) is 0 Å². The summed E-state index contributed by atoms with van der Waals surface area (Å²) in [6, 6.07) is 11.5. The number of ketones is 1. The molecule has 0 unspecified atom stereocenters. The van der Waals surface area contributed by atoms with Gasteiger partial charge in [0.15, 0.2) is 5.78 Å². The van der Waals surface area contributed by atoms with Gasteiger partial charge in [0, 0.05) is 5.56 Å². The minimum Gasteiger partial charge on any atom is -0.496 e. The molecule has 0 aromatic heterocycles. The predicted molar refractivity (Wildman–Crippen MR) is 77.1 cm³/mol. The van der Waals surface area contributed by atoms with Gasteiger partial charge >= 0.3 is 0 Å². The molecule has 0 amide bonds. The van der Waals surface area contributed by atoms with Crippen molar-refractivity contribution < 1.29 is 9.53 Å². The standard InChI is InChI=1S/C17H18O2/c1-11-8-9-16(19-4)15(10-11)17(18)14-7-5-6-12(2)13(14)3/h5-10H,1-4H3. The molecule has 98 valence electrons. The molecule has 2 rings (SSSR count). The summed E-state index contributed by atoms with van der Waals surface area (Å²) in [6.45, 7) is 5.96. The van der Waals surface area contributed by atoms with Gasteiger partial charge < -0.3 is 4.74 Å². The minimum absolute atomic E-state index is 0.0155. The molecule has 0 aliphatic rings. The van der Waals surface area contributed by atoms with E-state index in [1.54, 1.807) is 7.11 Å². The second kappa shape index (κ2) is 5.27. The number of aryl methyl sites for hydroxylation is 2. The SMILES string of the molecule is COc1ccc(C)cc1C(=O)c1cccc(C)c1C. The van der Waals surface area contributed by atoms with Crippen molar-refractivity contribution in [3.05, 3.63) is 64.2 Å². The lowest BCUT2D eigenvalue weighted by molar-refractivity contribution is 0.103. The van der Waals surface area contributed by atoms with Crippen LogP contribution in [-0.4, -0.2) is 12.9 Å². The van der Waals surface area contributed by atoms with E-state index in [-0.39, 0.29) is 5.78 Å². The van der Waals surface area contributed by atoms with E-state index in [4.69, 9.17) is 4.74 Å². The van der Waals surface area contributed by atoms with Crippen LogP contribution in [0.25, 0.3) is 0 Å². The van der Waals surface area contributed by atoms with E-state index in [0.29, 0.717) is 11.3 Å². The zero-order chi connectivity index (χ0) is 14.0. The smallest absolute Gasteiger partial charge is 0.197 e. The molecule has 0 saturated heterocycles. The Labute approximate surface area is 114 Å². The summed E-state index contributed by atoms with van der Waals surface area (Å²) in [7, 11) is 1.59. The molecule has 0 radical (unpaired) electrons. The van der Waals surface area contributed by atoms with Crippen LogP contribution in [0.2, 0.25) is 0 Å². The van der Waals surface area contributed by atoms with Gasteiger partial charge in [0.1, 0.15) is 5.75 Å². The van der Waals surface area contributed by atoms with Gasteiger partial charge in [0.05, 0.1) is 12.7 Å². The predicted octanol–water partition coefficient (Wildman–Crippen LogP) is 3.85. The maximum Gasteiger partial charge on any atom is 0.197 e. The Morgan fingerprint density at radius 3 is 2.42 bits per heavy atom. The van der Waals surface area contributed by atoms with Crippen LogP contribution in [0, 0.1) is 20.8 Å². The van der Waals surface area contributed by atoms with E-state index < -0.39 is 0 Å². The molecule has 0 aliphatic heterocycles. The van der Waals surface area contributed by atoms with Crippen molar-refractivity contribution in [1.82, 2.24) is 0 Å². The summed E-state index contributed by atoms with van der Waals surface area (Å²) >= 11 is 0. The molecular formula is C17H18O2. The molecule has 2 nitrogen and oxygen atoms in total. The van der Waals surface area contributed by atoms with Crippen LogP contribution in [0.4, 0.5) is 0 Å². The van der Waals surface area contributed by atoms with Crippen LogP contribution in [-0.2, 0) is 0 Å². The summed E-state index contributed by atoms with van der Waals surface area (Å²) in [5, 5.41) is 0. The summed E-state index contributed by atoms with van der Waals surface area (Å²) < 4.78 is 5.29. The quantitative estimate of drug-likeness (QED) is 0.778. The number of methoxy groups -OCH3 is 1. The molecule has 0 N–H and O–H groups in total. The fourth-order valence-corrected chi connectivity index (χ4v) is 2.14. The van der Waals surface area contributed by atoms with Crippen LogP contribution in [0.1, 0.15) is 32.6 Å². The van der Waals surface area contributed by atoms with Gasteiger partial charge in [-0.25, -0.2) is 0 Å². The number of carbonyl (C=O) groups excluding carboxylic acids is 1. The van der Waals surface area contributed by atoms with Gasteiger partial charge in [-0.1, -0.05) is 29.8 Å². The number of ether oxygens (including phenoxy) is 1. The molecule has 0 spiro atoms. The van der Waals surface area contributed by atoms with E-state index in [0.717, 1.165) is 22.3 Å². The molecule has 19 heavy (non-hydrogen) atoms. The lowest BCUT2D eigenvalue weighted by Gasteiger charge is -2.11. The zero-order valence-corrected chi connectivity index (χ0v) is 11.8. The van der Waals surface area contributed by atoms with E-state index in [2.05, 4.69) is 0 Å². The third-order valence-electron chi connectivity index (χ3n) is 3.45. The van der Waals surface area contributed by atoms with Crippen molar-refractivity contribution in [2.45, 2.75) is 20.8 Å². The number of benzene rings is 2. The fraction of sp³-hybridized carbons (Fsp3) is 0.235. The Kier molecular flexibility index (Phi) is 3.70. The molecule has 2 heteroatoms.